The first-order valence-corrected chi connectivity index (χ1v) is 7.03. The SMILES string of the molecule is CCOC(=O)c1cnn(-c2ccc(Cl)c(F)c2C(C)C)c1. The minimum atomic E-state index is -0.461. The number of benzene rings is 1. The third-order valence-corrected chi connectivity index (χ3v) is 3.32. The van der Waals surface area contributed by atoms with E-state index in [4.69, 9.17) is 16.3 Å². The van der Waals surface area contributed by atoms with Crippen LogP contribution in [0.3, 0.4) is 0 Å². The van der Waals surface area contributed by atoms with Crippen LogP contribution >= 0.6 is 11.6 Å². The second-order valence-electron chi connectivity index (χ2n) is 4.84. The zero-order chi connectivity index (χ0) is 15.6. The van der Waals surface area contributed by atoms with Gasteiger partial charge in [0.25, 0.3) is 0 Å². The number of carbonyl (C=O) groups excluding carboxylic acids is 1. The van der Waals surface area contributed by atoms with Crippen molar-refractivity contribution < 1.29 is 13.9 Å². The Bertz CT molecular complexity index is 668. The lowest BCUT2D eigenvalue weighted by Gasteiger charge is -2.14. The van der Waals surface area contributed by atoms with Crippen LogP contribution in [0, 0.1) is 5.82 Å². The maximum absolute atomic E-state index is 14.2. The van der Waals surface area contributed by atoms with Crippen molar-refractivity contribution in [2.45, 2.75) is 26.7 Å². The molecule has 1 aromatic carbocycles. The molecule has 0 saturated carbocycles. The van der Waals surface area contributed by atoms with E-state index in [2.05, 4.69) is 5.10 Å². The highest BCUT2D eigenvalue weighted by molar-refractivity contribution is 6.30. The molecule has 1 aromatic heterocycles. The van der Waals surface area contributed by atoms with E-state index in [1.165, 1.54) is 23.1 Å². The molecule has 0 aliphatic rings. The average Bonchev–Trinajstić information content (AvgIpc) is 2.91. The Hall–Kier alpha value is -1.88. The van der Waals surface area contributed by atoms with Crippen LogP contribution in [0.1, 0.15) is 42.6 Å². The smallest absolute Gasteiger partial charge is 0.341 e. The molecule has 0 saturated heterocycles. The molecule has 2 aromatic rings. The number of halogens is 2. The van der Waals surface area contributed by atoms with E-state index in [9.17, 15) is 9.18 Å². The van der Waals surface area contributed by atoms with Gasteiger partial charge in [-0.1, -0.05) is 25.4 Å². The van der Waals surface area contributed by atoms with Crippen LogP contribution < -0.4 is 0 Å². The van der Waals surface area contributed by atoms with Crippen LogP contribution in [0.25, 0.3) is 5.69 Å². The number of nitrogens with zero attached hydrogens (tertiary/aromatic N) is 2. The minimum Gasteiger partial charge on any atom is -0.462 e. The quantitative estimate of drug-likeness (QED) is 0.803. The molecule has 0 atom stereocenters. The van der Waals surface area contributed by atoms with E-state index in [1.54, 1.807) is 13.0 Å². The summed E-state index contributed by atoms with van der Waals surface area (Å²) in [5.41, 5.74) is 1.34. The van der Waals surface area contributed by atoms with Crippen LogP contribution in [-0.2, 0) is 4.74 Å². The number of esters is 1. The largest absolute Gasteiger partial charge is 0.462 e. The molecule has 0 unspecified atom stereocenters. The predicted molar refractivity (Wildman–Crippen MR) is 78.6 cm³/mol. The molecule has 0 bridgehead atoms. The fourth-order valence-electron chi connectivity index (χ4n) is 2.08. The van der Waals surface area contributed by atoms with Gasteiger partial charge in [0.1, 0.15) is 5.82 Å². The molecule has 4 nitrogen and oxygen atoms in total. The summed E-state index contributed by atoms with van der Waals surface area (Å²) in [6, 6.07) is 3.16. The molecule has 0 radical (unpaired) electrons. The molecule has 0 aliphatic heterocycles. The summed E-state index contributed by atoms with van der Waals surface area (Å²) in [7, 11) is 0. The van der Waals surface area contributed by atoms with Crippen molar-refractivity contribution in [1.82, 2.24) is 9.78 Å². The Labute approximate surface area is 127 Å². The van der Waals surface area contributed by atoms with Gasteiger partial charge in [-0.05, 0) is 25.0 Å². The molecule has 6 heteroatoms. The number of hydrogen-bond donors (Lipinski definition) is 0. The molecule has 112 valence electrons. The highest BCUT2D eigenvalue weighted by Crippen LogP contribution is 2.30. The summed E-state index contributed by atoms with van der Waals surface area (Å²) in [6.45, 7) is 5.76. The molecule has 0 aliphatic carbocycles. The average molecular weight is 311 g/mol. The molecule has 0 amide bonds. The molecular weight excluding hydrogens is 295 g/mol. The van der Waals surface area contributed by atoms with Gasteiger partial charge in [-0.2, -0.15) is 5.10 Å². The van der Waals surface area contributed by atoms with Gasteiger partial charge in [0, 0.05) is 11.8 Å². The summed E-state index contributed by atoms with van der Waals surface area (Å²) >= 11 is 5.84. The van der Waals surface area contributed by atoms with Crippen molar-refractivity contribution >= 4 is 17.6 Å². The van der Waals surface area contributed by atoms with Crippen LogP contribution in [0.2, 0.25) is 5.02 Å². The van der Waals surface area contributed by atoms with Gasteiger partial charge in [0.15, 0.2) is 0 Å². The van der Waals surface area contributed by atoms with Gasteiger partial charge in [0.05, 0.1) is 29.1 Å². The van der Waals surface area contributed by atoms with Gasteiger partial charge in [-0.25, -0.2) is 13.9 Å². The zero-order valence-corrected chi connectivity index (χ0v) is 12.8. The number of rotatable bonds is 4. The molecule has 0 spiro atoms. The maximum atomic E-state index is 14.2. The Morgan fingerprint density at radius 1 is 1.48 bits per heavy atom. The first-order valence-electron chi connectivity index (χ1n) is 6.65. The minimum absolute atomic E-state index is 0.0697. The van der Waals surface area contributed by atoms with E-state index >= 15 is 0 Å². The molecule has 2 rings (SSSR count). The standard InChI is InChI=1S/C15H16ClFN2O2/c1-4-21-15(20)10-7-18-19(8-10)12-6-5-11(16)14(17)13(12)9(2)3/h5-9H,4H2,1-3H3. The fourth-order valence-corrected chi connectivity index (χ4v) is 2.24. The third kappa shape index (κ3) is 3.08. The molecular formula is C15H16ClFN2O2. The van der Waals surface area contributed by atoms with Crippen molar-refractivity contribution in [3.05, 3.63) is 46.5 Å². The molecule has 1 heterocycles. The molecule has 21 heavy (non-hydrogen) atoms. The Morgan fingerprint density at radius 3 is 2.81 bits per heavy atom. The second kappa shape index (κ2) is 6.26. The summed E-state index contributed by atoms with van der Waals surface area (Å²) in [5.74, 6) is -0.990. The van der Waals surface area contributed by atoms with Crippen molar-refractivity contribution in [3.8, 4) is 5.69 Å². The summed E-state index contributed by atoms with van der Waals surface area (Å²) in [4.78, 5) is 11.7. The summed E-state index contributed by atoms with van der Waals surface area (Å²) in [5, 5.41) is 4.18. The highest BCUT2D eigenvalue weighted by atomic mass is 35.5. The zero-order valence-electron chi connectivity index (χ0n) is 12.1. The fraction of sp³-hybridized carbons (Fsp3) is 0.333. The lowest BCUT2D eigenvalue weighted by Crippen LogP contribution is -2.06. The second-order valence-corrected chi connectivity index (χ2v) is 5.25. The van der Waals surface area contributed by atoms with Crippen LogP contribution in [0.15, 0.2) is 24.5 Å². The first kappa shape index (κ1) is 15.5. The number of hydrogen-bond acceptors (Lipinski definition) is 3. The van der Waals surface area contributed by atoms with E-state index in [-0.39, 0.29) is 17.5 Å². The topological polar surface area (TPSA) is 44.1 Å². The van der Waals surface area contributed by atoms with Gasteiger partial charge in [-0.15, -0.1) is 0 Å². The van der Waals surface area contributed by atoms with E-state index in [0.717, 1.165) is 0 Å². The van der Waals surface area contributed by atoms with Gasteiger partial charge in [0.2, 0.25) is 0 Å². The van der Waals surface area contributed by atoms with Crippen LogP contribution in [0.5, 0.6) is 0 Å². The molecule has 0 N–H and O–H groups in total. The lowest BCUT2D eigenvalue weighted by molar-refractivity contribution is 0.0526. The lowest BCUT2D eigenvalue weighted by atomic mass is 10.0. The third-order valence-electron chi connectivity index (χ3n) is 3.03. The monoisotopic (exact) mass is 310 g/mol. The normalized spacial score (nSPS) is 11.0. The van der Waals surface area contributed by atoms with Crippen LogP contribution in [0.4, 0.5) is 4.39 Å². The van der Waals surface area contributed by atoms with Crippen molar-refractivity contribution in [1.29, 1.82) is 0 Å². The van der Waals surface area contributed by atoms with E-state index < -0.39 is 11.8 Å². The van der Waals surface area contributed by atoms with Crippen LogP contribution in [-0.4, -0.2) is 22.4 Å². The number of carbonyl (C=O) groups is 1. The first-order chi connectivity index (χ1) is 9.95. The number of ether oxygens (including phenoxy) is 1. The van der Waals surface area contributed by atoms with Gasteiger partial charge in [-0.3, -0.25) is 0 Å². The number of aromatic nitrogens is 2. The Kier molecular flexibility index (Phi) is 4.63. The van der Waals surface area contributed by atoms with Crippen molar-refractivity contribution in [2.75, 3.05) is 6.61 Å². The Morgan fingerprint density at radius 2 is 2.19 bits per heavy atom. The highest BCUT2D eigenvalue weighted by Gasteiger charge is 2.18. The summed E-state index contributed by atoms with van der Waals surface area (Å²) < 4.78 is 20.6. The summed E-state index contributed by atoms with van der Waals surface area (Å²) in [6.07, 6.45) is 2.92. The molecule has 0 fully saturated rings. The van der Waals surface area contributed by atoms with E-state index in [0.29, 0.717) is 16.8 Å². The van der Waals surface area contributed by atoms with Gasteiger partial charge < -0.3 is 4.74 Å². The van der Waals surface area contributed by atoms with Crippen molar-refractivity contribution in [3.63, 3.8) is 0 Å². The maximum Gasteiger partial charge on any atom is 0.341 e. The van der Waals surface area contributed by atoms with Crippen molar-refractivity contribution in [2.24, 2.45) is 0 Å². The Balaban J connectivity index is 2.48. The van der Waals surface area contributed by atoms with Gasteiger partial charge >= 0.3 is 5.97 Å². The predicted octanol–water partition coefficient (Wildman–Crippen LogP) is 3.96. The van der Waals surface area contributed by atoms with E-state index in [1.807, 2.05) is 13.8 Å².